The number of nitrogens with one attached hydrogen (secondary N) is 1. The van der Waals surface area contributed by atoms with Crippen molar-refractivity contribution >= 4 is 16.0 Å². The molecular weight excluding hydrogens is 296 g/mol. The number of carboxylic acids is 1. The molecular formula is C13H16N2O5S. The summed E-state index contributed by atoms with van der Waals surface area (Å²) in [7, 11) is -3.73. The lowest BCUT2D eigenvalue weighted by Gasteiger charge is -2.17. The van der Waals surface area contributed by atoms with E-state index in [9.17, 15) is 18.3 Å². The van der Waals surface area contributed by atoms with Crippen molar-refractivity contribution in [2.75, 3.05) is 19.6 Å². The van der Waals surface area contributed by atoms with E-state index >= 15 is 0 Å². The van der Waals surface area contributed by atoms with Gasteiger partial charge in [-0.15, -0.1) is 0 Å². The van der Waals surface area contributed by atoms with Crippen LogP contribution in [0.5, 0.6) is 5.75 Å². The lowest BCUT2D eigenvalue weighted by molar-refractivity contribution is 0.0693. The highest BCUT2D eigenvalue weighted by Crippen LogP contribution is 2.30. The van der Waals surface area contributed by atoms with Crippen LogP contribution in [0.15, 0.2) is 23.1 Å². The smallest absolute Gasteiger partial charge is 0.339 e. The number of fused-ring (bicyclic) bond motifs is 1. The van der Waals surface area contributed by atoms with Crippen molar-refractivity contribution < 1.29 is 23.4 Å². The zero-order valence-electron chi connectivity index (χ0n) is 11.2. The molecule has 3 N–H and O–H groups in total. The van der Waals surface area contributed by atoms with E-state index in [1.165, 1.54) is 10.4 Å². The Kier molecular flexibility index (Phi) is 3.39. The van der Waals surface area contributed by atoms with E-state index in [0.717, 1.165) is 25.1 Å². The SMILES string of the molecule is O=C(O)c1cc(S(=O)(=O)N2C[C@@H]3CCN[C@@H]3C2)ccc1O. The predicted molar refractivity (Wildman–Crippen MR) is 73.7 cm³/mol. The van der Waals surface area contributed by atoms with Gasteiger partial charge in [-0.25, -0.2) is 13.2 Å². The van der Waals surface area contributed by atoms with Gasteiger partial charge in [0.1, 0.15) is 11.3 Å². The standard InChI is InChI=1S/C13H16N2O5S/c16-12-2-1-9(5-10(12)13(17)18)21(19,20)15-6-8-3-4-14-11(8)7-15/h1-2,5,8,11,14,16H,3-4,6-7H2,(H,17,18)/t8-,11+/m0/s1. The van der Waals surface area contributed by atoms with Gasteiger partial charge in [0.15, 0.2) is 0 Å². The minimum Gasteiger partial charge on any atom is -0.507 e. The van der Waals surface area contributed by atoms with Crippen molar-refractivity contribution in [3.63, 3.8) is 0 Å². The van der Waals surface area contributed by atoms with Crippen LogP contribution in [0.4, 0.5) is 0 Å². The molecule has 1 aromatic carbocycles. The molecule has 0 unspecified atom stereocenters. The highest BCUT2D eigenvalue weighted by atomic mass is 32.2. The maximum Gasteiger partial charge on any atom is 0.339 e. The second-order valence-corrected chi connectivity index (χ2v) is 7.35. The number of aromatic carboxylic acids is 1. The van der Waals surface area contributed by atoms with Crippen molar-refractivity contribution in [3.8, 4) is 5.75 Å². The average molecular weight is 312 g/mol. The monoisotopic (exact) mass is 312 g/mol. The quantitative estimate of drug-likeness (QED) is 0.729. The Bertz CT molecular complexity index is 676. The Morgan fingerprint density at radius 1 is 1.33 bits per heavy atom. The zero-order chi connectivity index (χ0) is 15.2. The summed E-state index contributed by atoms with van der Waals surface area (Å²) in [5.41, 5.74) is -0.409. The second kappa shape index (κ2) is 4.97. The van der Waals surface area contributed by atoms with Gasteiger partial charge >= 0.3 is 5.97 Å². The average Bonchev–Trinajstić information content (AvgIpc) is 2.99. The first-order chi connectivity index (χ1) is 9.89. The minimum atomic E-state index is -3.73. The van der Waals surface area contributed by atoms with Gasteiger partial charge in [0.2, 0.25) is 10.0 Å². The summed E-state index contributed by atoms with van der Waals surface area (Å²) < 4.78 is 26.5. The van der Waals surface area contributed by atoms with Gasteiger partial charge in [-0.3, -0.25) is 0 Å². The van der Waals surface area contributed by atoms with Gasteiger partial charge < -0.3 is 15.5 Å². The van der Waals surface area contributed by atoms with Crippen molar-refractivity contribution in [2.24, 2.45) is 5.92 Å². The third-order valence-corrected chi connectivity index (χ3v) is 5.99. The molecule has 0 radical (unpaired) electrons. The van der Waals surface area contributed by atoms with Crippen LogP contribution in [0.3, 0.4) is 0 Å². The van der Waals surface area contributed by atoms with Gasteiger partial charge in [-0.1, -0.05) is 0 Å². The van der Waals surface area contributed by atoms with Crippen LogP contribution in [-0.4, -0.2) is 54.6 Å². The first kappa shape index (κ1) is 14.3. The third kappa shape index (κ3) is 2.39. The van der Waals surface area contributed by atoms with E-state index in [1.807, 2.05) is 0 Å². The maximum atomic E-state index is 12.6. The lowest BCUT2D eigenvalue weighted by atomic mass is 10.1. The van der Waals surface area contributed by atoms with Gasteiger partial charge in [0.05, 0.1) is 4.90 Å². The molecule has 114 valence electrons. The van der Waals surface area contributed by atoms with Crippen LogP contribution >= 0.6 is 0 Å². The van der Waals surface area contributed by atoms with Crippen molar-refractivity contribution in [2.45, 2.75) is 17.4 Å². The Morgan fingerprint density at radius 2 is 2.10 bits per heavy atom. The summed E-state index contributed by atoms with van der Waals surface area (Å²) in [6, 6.07) is 3.52. The first-order valence-electron chi connectivity index (χ1n) is 6.69. The van der Waals surface area contributed by atoms with Crippen LogP contribution in [0, 0.1) is 5.92 Å². The number of nitrogens with zero attached hydrogens (tertiary/aromatic N) is 1. The van der Waals surface area contributed by atoms with E-state index in [2.05, 4.69) is 5.32 Å². The molecule has 0 aliphatic carbocycles. The molecule has 2 fully saturated rings. The molecule has 0 bridgehead atoms. The highest BCUT2D eigenvalue weighted by molar-refractivity contribution is 7.89. The lowest BCUT2D eigenvalue weighted by Crippen LogP contribution is -2.34. The molecule has 0 aromatic heterocycles. The Hall–Kier alpha value is -1.64. The summed E-state index contributed by atoms with van der Waals surface area (Å²) in [5.74, 6) is -1.48. The van der Waals surface area contributed by atoms with Gasteiger partial charge in [-0.05, 0) is 37.1 Å². The first-order valence-corrected chi connectivity index (χ1v) is 8.13. The maximum absolute atomic E-state index is 12.6. The van der Waals surface area contributed by atoms with Gasteiger partial charge in [-0.2, -0.15) is 4.31 Å². The van der Waals surface area contributed by atoms with Crippen LogP contribution in [0.25, 0.3) is 0 Å². The Balaban J connectivity index is 1.92. The molecule has 8 heteroatoms. The molecule has 3 rings (SSSR count). The topological polar surface area (TPSA) is 107 Å². The molecule has 2 atom stereocenters. The molecule has 2 heterocycles. The number of hydrogen-bond acceptors (Lipinski definition) is 5. The third-order valence-electron chi connectivity index (χ3n) is 4.17. The normalized spacial score (nSPS) is 25.9. The van der Waals surface area contributed by atoms with Crippen LogP contribution in [0.1, 0.15) is 16.8 Å². The number of carbonyl (C=O) groups is 1. The van der Waals surface area contributed by atoms with E-state index in [4.69, 9.17) is 5.11 Å². The summed E-state index contributed by atoms with van der Waals surface area (Å²) in [4.78, 5) is 10.9. The number of aromatic hydroxyl groups is 1. The van der Waals surface area contributed by atoms with Crippen LogP contribution in [0.2, 0.25) is 0 Å². The minimum absolute atomic E-state index is 0.0994. The second-order valence-electron chi connectivity index (χ2n) is 5.42. The molecule has 21 heavy (non-hydrogen) atoms. The van der Waals surface area contributed by atoms with E-state index in [0.29, 0.717) is 19.0 Å². The number of sulfonamides is 1. The molecule has 1 aromatic rings. The predicted octanol–water partition coefficient (Wildman–Crippen LogP) is 0.0728. The fraction of sp³-hybridized carbons (Fsp3) is 0.462. The fourth-order valence-electron chi connectivity index (χ4n) is 3.00. The molecule has 0 saturated carbocycles. The number of hydrogen-bond donors (Lipinski definition) is 3. The van der Waals surface area contributed by atoms with Crippen molar-refractivity contribution in [1.29, 1.82) is 0 Å². The van der Waals surface area contributed by atoms with Gasteiger partial charge in [0.25, 0.3) is 0 Å². The van der Waals surface area contributed by atoms with E-state index < -0.39 is 27.3 Å². The number of phenols is 1. The van der Waals surface area contributed by atoms with E-state index in [-0.39, 0.29) is 10.9 Å². The molecule has 2 aliphatic heterocycles. The summed E-state index contributed by atoms with van der Waals surface area (Å²) >= 11 is 0. The Morgan fingerprint density at radius 3 is 2.76 bits per heavy atom. The van der Waals surface area contributed by atoms with Crippen LogP contribution in [-0.2, 0) is 10.0 Å². The van der Waals surface area contributed by atoms with E-state index in [1.54, 1.807) is 0 Å². The molecule has 2 aliphatic rings. The summed E-state index contributed by atoms with van der Waals surface area (Å²) in [5, 5.41) is 21.7. The number of benzene rings is 1. The van der Waals surface area contributed by atoms with Crippen LogP contribution < -0.4 is 5.32 Å². The molecule has 0 spiro atoms. The molecule has 0 amide bonds. The molecule has 7 nitrogen and oxygen atoms in total. The number of rotatable bonds is 3. The van der Waals surface area contributed by atoms with Crippen molar-refractivity contribution in [1.82, 2.24) is 9.62 Å². The van der Waals surface area contributed by atoms with Crippen molar-refractivity contribution in [3.05, 3.63) is 23.8 Å². The molecule has 2 saturated heterocycles. The highest BCUT2D eigenvalue weighted by Gasteiger charge is 2.41. The summed E-state index contributed by atoms with van der Waals surface area (Å²) in [6.45, 7) is 1.76. The fourth-order valence-corrected chi connectivity index (χ4v) is 4.55. The zero-order valence-corrected chi connectivity index (χ0v) is 12.0. The Labute approximate surface area is 122 Å². The number of carboxylic acid groups (broad SMARTS) is 1. The summed E-state index contributed by atoms with van der Waals surface area (Å²) in [6.07, 6.45) is 0.951. The largest absolute Gasteiger partial charge is 0.507 e. The van der Waals surface area contributed by atoms with Gasteiger partial charge in [0, 0.05) is 19.1 Å².